The molecule has 0 saturated heterocycles. The van der Waals surface area contributed by atoms with Crippen LogP contribution in [0, 0.1) is 10.1 Å². The SMILES string of the molecule is O=C(O)CCCCCOC(=O)Oc1ccc([N+](=O)[O-])cc1. The number of benzene rings is 1. The summed E-state index contributed by atoms with van der Waals surface area (Å²) in [5.74, 6) is -0.704. The number of nitrogens with zero attached hydrogens (tertiary/aromatic N) is 1. The summed E-state index contributed by atoms with van der Waals surface area (Å²) in [6.45, 7) is 0.130. The van der Waals surface area contributed by atoms with Crippen LogP contribution in [-0.4, -0.2) is 28.8 Å². The van der Waals surface area contributed by atoms with Gasteiger partial charge in [-0.25, -0.2) is 4.79 Å². The lowest BCUT2D eigenvalue weighted by molar-refractivity contribution is -0.384. The van der Waals surface area contributed by atoms with Crippen molar-refractivity contribution in [2.75, 3.05) is 6.61 Å². The summed E-state index contributed by atoms with van der Waals surface area (Å²) < 4.78 is 9.60. The van der Waals surface area contributed by atoms with Gasteiger partial charge >= 0.3 is 12.1 Å². The number of aliphatic carboxylic acids is 1. The molecule has 0 bridgehead atoms. The molecule has 8 heteroatoms. The van der Waals surface area contributed by atoms with E-state index < -0.39 is 17.0 Å². The summed E-state index contributed by atoms with van der Waals surface area (Å²) in [6, 6.07) is 5.03. The predicted octanol–water partition coefficient (Wildman–Crippen LogP) is 2.76. The van der Waals surface area contributed by atoms with Crippen molar-refractivity contribution in [3.63, 3.8) is 0 Å². The van der Waals surface area contributed by atoms with E-state index in [2.05, 4.69) is 0 Å². The van der Waals surface area contributed by atoms with Crippen molar-refractivity contribution >= 4 is 17.8 Å². The van der Waals surface area contributed by atoms with Gasteiger partial charge in [0.15, 0.2) is 0 Å². The Hall–Kier alpha value is -2.64. The third kappa shape index (κ3) is 6.90. The molecule has 0 radical (unpaired) electrons. The van der Waals surface area contributed by atoms with Gasteiger partial charge in [-0.3, -0.25) is 14.9 Å². The van der Waals surface area contributed by atoms with Crippen LogP contribution in [0.25, 0.3) is 0 Å². The molecule has 0 aromatic heterocycles. The summed E-state index contributed by atoms with van der Waals surface area (Å²) >= 11 is 0. The quantitative estimate of drug-likeness (QED) is 0.258. The van der Waals surface area contributed by atoms with E-state index in [1.54, 1.807) is 0 Å². The molecule has 0 atom stereocenters. The van der Waals surface area contributed by atoms with Crippen LogP contribution in [0.4, 0.5) is 10.5 Å². The zero-order valence-electron chi connectivity index (χ0n) is 11.2. The Balaban J connectivity index is 2.21. The maximum Gasteiger partial charge on any atom is 0.513 e. The number of ether oxygens (including phenoxy) is 2. The molecule has 0 aliphatic rings. The van der Waals surface area contributed by atoms with Crippen molar-refractivity contribution in [2.24, 2.45) is 0 Å². The van der Waals surface area contributed by atoms with Crippen LogP contribution < -0.4 is 4.74 Å². The first-order chi connectivity index (χ1) is 9.99. The Morgan fingerprint density at radius 1 is 1.14 bits per heavy atom. The third-order valence-electron chi connectivity index (χ3n) is 2.50. The highest BCUT2D eigenvalue weighted by Gasteiger charge is 2.09. The number of nitro groups is 1. The summed E-state index contributed by atoms with van der Waals surface area (Å²) in [6.07, 6.45) is 0.894. The van der Waals surface area contributed by atoms with Crippen LogP contribution in [0.3, 0.4) is 0 Å². The number of carboxylic acids is 1. The van der Waals surface area contributed by atoms with Crippen LogP contribution in [0.1, 0.15) is 25.7 Å². The molecule has 0 unspecified atom stereocenters. The monoisotopic (exact) mass is 297 g/mol. The van der Waals surface area contributed by atoms with Crippen LogP contribution in [0.15, 0.2) is 24.3 Å². The number of nitro benzene ring substituents is 1. The van der Waals surface area contributed by atoms with Crippen molar-refractivity contribution in [3.05, 3.63) is 34.4 Å². The Labute approximate surface area is 120 Å². The zero-order valence-corrected chi connectivity index (χ0v) is 11.2. The molecule has 1 aromatic rings. The van der Waals surface area contributed by atoms with Crippen molar-refractivity contribution in [1.29, 1.82) is 0 Å². The van der Waals surface area contributed by atoms with Gasteiger partial charge in [0.25, 0.3) is 5.69 Å². The number of rotatable bonds is 8. The molecule has 0 heterocycles. The maximum atomic E-state index is 11.3. The first-order valence-electron chi connectivity index (χ1n) is 6.30. The standard InChI is InChI=1S/C13H15NO7/c15-12(16)4-2-1-3-9-20-13(17)21-11-7-5-10(6-8-11)14(18)19/h5-8H,1-4,9H2,(H,15,16). The van der Waals surface area contributed by atoms with E-state index in [1.165, 1.54) is 24.3 Å². The van der Waals surface area contributed by atoms with Crippen molar-refractivity contribution in [3.8, 4) is 5.75 Å². The number of unbranched alkanes of at least 4 members (excludes halogenated alkanes) is 2. The molecule has 1 aromatic carbocycles. The van der Waals surface area contributed by atoms with Gasteiger partial charge in [0.2, 0.25) is 0 Å². The first-order valence-corrected chi connectivity index (χ1v) is 6.30. The second-order valence-corrected chi connectivity index (χ2v) is 4.16. The number of hydrogen-bond acceptors (Lipinski definition) is 6. The Kier molecular flexibility index (Phi) is 6.66. The van der Waals surface area contributed by atoms with Crippen molar-refractivity contribution in [2.45, 2.75) is 25.7 Å². The molecule has 21 heavy (non-hydrogen) atoms. The van der Waals surface area contributed by atoms with Gasteiger partial charge in [-0.05, 0) is 31.4 Å². The summed E-state index contributed by atoms with van der Waals surface area (Å²) in [5, 5.41) is 18.9. The van der Waals surface area contributed by atoms with Crippen LogP contribution in [-0.2, 0) is 9.53 Å². The van der Waals surface area contributed by atoms with E-state index >= 15 is 0 Å². The van der Waals surface area contributed by atoms with Gasteiger partial charge in [-0.15, -0.1) is 0 Å². The Morgan fingerprint density at radius 3 is 2.38 bits per heavy atom. The highest BCUT2D eigenvalue weighted by Crippen LogP contribution is 2.17. The maximum absolute atomic E-state index is 11.3. The lowest BCUT2D eigenvalue weighted by Crippen LogP contribution is -2.11. The normalized spacial score (nSPS) is 9.90. The average Bonchev–Trinajstić information content (AvgIpc) is 2.43. The number of carboxylic acid groups (broad SMARTS) is 1. The smallest absolute Gasteiger partial charge is 0.481 e. The molecule has 1 N–H and O–H groups in total. The highest BCUT2D eigenvalue weighted by atomic mass is 16.7. The lowest BCUT2D eigenvalue weighted by Gasteiger charge is -2.05. The Morgan fingerprint density at radius 2 is 1.81 bits per heavy atom. The highest BCUT2D eigenvalue weighted by molar-refractivity contribution is 5.66. The first kappa shape index (κ1) is 16.4. The summed E-state index contributed by atoms with van der Waals surface area (Å²) in [5.41, 5.74) is -0.103. The molecule has 0 aliphatic heterocycles. The van der Waals surface area contributed by atoms with E-state index in [-0.39, 0.29) is 24.5 Å². The minimum absolute atomic E-state index is 0.0905. The van der Waals surface area contributed by atoms with E-state index in [9.17, 15) is 19.7 Å². The van der Waals surface area contributed by atoms with E-state index in [0.29, 0.717) is 19.3 Å². The number of hydrogen-bond donors (Lipinski definition) is 1. The number of non-ortho nitro benzene ring substituents is 1. The molecule has 0 saturated carbocycles. The van der Waals surface area contributed by atoms with Gasteiger partial charge in [-0.2, -0.15) is 0 Å². The van der Waals surface area contributed by atoms with Crippen LogP contribution >= 0.6 is 0 Å². The average molecular weight is 297 g/mol. The van der Waals surface area contributed by atoms with Gasteiger partial charge in [-0.1, -0.05) is 0 Å². The van der Waals surface area contributed by atoms with Crippen LogP contribution in [0.2, 0.25) is 0 Å². The van der Waals surface area contributed by atoms with Gasteiger partial charge in [0, 0.05) is 18.6 Å². The second-order valence-electron chi connectivity index (χ2n) is 4.16. The molecule has 0 amide bonds. The minimum Gasteiger partial charge on any atom is -0.481 e. The molecule has 0 fully saturated rings. The minimum atomic E-state index is -0.901. The van der Waals surface area contributed by atoms with Gasteiger partial charge in [0.05, 0.1) is 11.5 Å². The van der Waals surface area contributed by atoms with Crippen LogP contribution in [0.5, 0.6) is 5.75 Å². The fourth-order valence-corrected chi connectivity index (χ4v) is 1.47. The van der Waals surface area contributed by atoms with Gasteiger partial charge < -0.3 is 14.6 Å². The Bertz CT molecular complexity index is 498. The third-order valence-corrected chi connectivity index (χ3v) is 2.50. The summed E-state index contributed by atoms with van der Waals surface area (Å²) in [4.78, 5) is 31.4. The molecule has 0 aliphatic carbocycles. The molecule has 114 valence electrons. The van der Waals surface area contributed by atoms with Gasteiger partial charge in [0.1, 0.15) is 5.75 Å². The largest absolute Gasteiger partial charge is 0.513 e. The number of carbonyl (C=O) groups is 2. The molecular weight excluding hydrogens is 282 g/mol. The lowest BCUT2D eigenvalue weighted by atomic mass is 10.2. The van der Waals surface area contributed by atoms with E-state index in [1.807, 2.05) is 0 Å². The molecule has 1 rings (SSSR count). The second kappa shape index (κ2) is 8.51. The molecular formula is C13H15NO7. The molecule has 8 nitrogen and oxygen atoms in total. The van der Waals surface area contributed by atoms with Crippen molar-refractivity contribution in [1.82, 2.24) is 0 Å². The summed E-state index contributed by atoms with van der Waals surface area (Å²) in [7, 11) is 0. The fourth-order valence-electron chi connectivity index (χ4n) is 1.47. The molecule has 0 spiro atoms. The predicted molar refractivity (Wildman–Crippen MR) is 71.2 cm³/mol. The van der Waals surface area contributed by atoms with E-state index in [4.69, 9.17) is 14.6 Å². The van der Waals surface area contributed by atoms with E-state index in [0.717, 1.165) is 0 Å². The topological polar surface area (TPSA) is 116 Å². The zero-order chi connectivity index (χ0) is 15.7. The fraction of sp³-hybridized carbons (Fsp3) is 0.385. The number of carbonyl (C=O) groups excluding carboxylic acids is 1. The van der Waals surface area contributed by atoms with Crippen molar-refractivity contribution < 1.29 is 29.1 Å².